The Bertz CT molecular complexity index is 573. The molecule has 1 heterocycles. The van der Waals surface area contributed by atoms with Gasteiger partial charge in [0.2, 0.25) is 15.9 Å². The Hall–Kier alpha value is -1.27. The van der Waals surface area contributed by atoms with E-state index < -0.39 is 16.1 Å². The molecule has 1 aromatic carbocycles. The number of amides is 1. The second-order valence-electron chi connectivity index (χ2n) is 4.06. The molecule has 18 heavy (non-hydrogen) atoms. The lowest BCUT2D eigenvalue weighted by Gasteiger charge is -2.32. The van der Waals surface area contributed by atoms with Crippen LogP contribution in [0.5, 0.6) is 0 Å². The van der Waals surface area contributed by atoms with Gasteiger partial charge < -0.3 is 5.32 Å². The number of alkyl halides is 1. The Morgan fingerprint density at radius 3 is 2.83 bits per heavy atom. The maximum absolute atomic E-state index is 12.0. The van der Waals surface area contributed by atoms with Gasteiger partial charge in [-0.1, -0.05) is 18.2 Å². The SMILES string of the molecule is CN1c2ccccc2C(NC(=O)CCl)CS1(=O)=O. The van der Waals surface area contributed by atoms with Gasteiger partial charge in [-0.05, 0) is 11.6 Å². The first kappa shape index (κ1) is 13.2. The molecular weight excluding hydrogens is 276 g/mol. The number of nitrogens with zero attached hydrogens (tertiary/aromatic N) is 1. The van der Waals surface area contributed by atoms with Crippen LogP contribution >= 0.6 is 11.6 Å². The molecule has 0 aromatic heterocycles. The second-order valence-corrected chi connectivity index (χ2v) is 6.37. The summed E-state index contributed by atoms with van der Waals surface area (Å²) in [5, 5.41) is 2.62. The zero-order valence-electron chi connectivity index (χ0n) is 9.76. The van der Waals surface area contributed by atoms with Crippen LogP contribution in [0.2, 0.25) is 0 Å². The van der Waals surface area contributed by atoms with Crippen molar-refractivity contribution in [2.75, 3.05) is 23.0 Å². The van der Waals surface area contributed by atoms with E-state index in [0.29, 0.717) is 5.69 Å². The van der Waals surface area contributed by atoms with Gasteiger partial charge in [0.15, 0.2) is 0 Å². The minimum absolute atomic E-state index is 0.150. The van der Waals surface area contributed by atoms with Crippen molar-refractivity contribution in [2.45, 2.75) is 6.04 Å². The van der Waals surface area contributed by atoms with Crippen LogP contribution in [0.15, 0.2) is 24.3 Å². The average molecular weight is 289 g/mol. The first-order valence-corrected chi connectivity index (χ1v) is 7.51. The molecule has 0 fully saturated rings. The first-order valence-electron chi connectivity index (χ1n) is 5.36. The molecule has 98 valence electrons. The highest BCUT2D eigenvalue weighted by atomic mass is 35.5. The van der Waals surface area contributed by atoms with E-state index in [1.165, 1.54) is 11.4 Å². The van der Waals surface area contributed by atoms with E-state index in [1.807, 2.05) is 6.07 Å². The summed E-state index contributed by atoms with van der Waals surface area (Å²) in [7, 11) is -1.89. The first-order chi connectivity index (χ1) is 8.45. The van der Waals surface area contributed by atoms with E-state index >= 15 is 0 Å². The number of fused-ring (bicyclic) bond motifs is 1. The summed E-state index contributed by atoms with van der Waals surface area (Å²) < 4.78 is 25.2. The molecule has 0 spiro atoms. The predicted molar refractivity (Wildman–Crippen MR) is 70.2 cm³/mol. The van der Waals surface area contributed by atoms with Gasteiger partial charge in [-0.25, -0.2) is 8.42 Å². The summed E-state index contributed by atoms with van der Waals surface area (Å²) >= 11 is 5.43. The van der Waals surface area contributed by atoms with Crippen LogP contribution in [0.1, 0.15) is 11.6 Å². The minimum atomic E-state index is -3.40. The van der Waals surface area contributed by atoms with Gasteiger partial charge in [-0.15, -0.1) is 11.6 Å². The number of rotatable bonds is 2. The fourth-order valence-electron chi connectivity index (χ4n) is 1.98. The number of benzene rings is 1. The van der Waals surface area contributed by atoms with Crippen LogP contribution in [0.4, 0.5) is 5.69 Å². The number of carbonyl (C=O) groups excluding carboxylic acids is 1. The highest BCUT2D eigenvalue weighted by Gasteiger charge is 2.34. The zero-order valence-corrected chi connectivity index (χ0v) is 11.3. The van der Waals surface area contributed by atoms with Crippen LogP contribution in [-0.2, 0) is 14.8 Å². The van der Waals surface area contributed by atoms with E-state index in [1.54, 1.807) is 18.2 Å². The second kappa shape index (κ2) is 4.78. The van der Waals surface area contributed by atoms with Crippen molar-refractivity contribution in [3.05, 3.63) is 29.8 Å². The number of halogens is 1. The van der Waals surface area contributed by atoms with Crippen molar-refractivity contribution in [3.8, 4) is 0 Å². The van der Waals surface area contributed by atoms with Gasteiger partial charge in [0.25, 0.3) is 0 Å². The molecule has 1 aliphatic heterocycles. The molecule has 1 N–H and O–H groups in total. The van der Waals surface area contributed by atoms with Gasteiger partial charge in [0.05, 0.1) is 17.5 Å². The fourth-order valence-corrected chi connectivity index (χ4v) is 3.43. The maximum Gasteiger partial charge on any atom is 0.237 e. The molecule has 2 rings (SSSR count). The largest absolute Gasteiger partial charge is 0.347 e. The molecule has 1 aromatic rings. The lowest BCUT2D eigenvalue weighted by Crippen LogP contribution is -2.43. The predicted octanol–water partition coefficient (Wildman–Crippen LogP) is 0.862. The summed E-state index contributed by atoms with van der Waals surface area (Å²) in [6.45, 7) is 0. The van der Waals surface area contributed by atoms with Gasteiger partial charge in [0, 0.05) is 7.05 Å². The lowest BCUT2D eigenvalue weighted by molar-refractivity contribution is -0.119. The number of hydrogen-bond donors (Lipinski definition) is 1. The van der Waals surface area contributed by atoms with Crippen molar-refractivity contribution in [2.24, 2.45) is 0 Å². The number of carbonyl (C=O) groups is 1. The van der Waals surface area contributed by atoms with Crippen LogP contribution < -0.4 is 9.62 Å². The normalized spacial score (nSPS) is 21.2. The summed E-state index contributed by atoms with van der Waals surface area (Å²) in [6.07, 6.45) is 0. The van der Waals surface area contributed by atoms with Crippen LogP contribution in [0.25, 0.3) is 0 Å². The molecule has 5 nitrogen and oxygen atoms in total. The smallest absolute Gasteiger partial charge is 0.237 e. The maximum atomic E-state index is 12.0. The Labute approximate surface area is 111 Å². The van der Waals surface area contributed by atoms with E-state index in [9.17, 15) is 13.2 Å². The zero-order chi connectivity index (χ0) is 13.3. The number of nitrogens with one attached hydrogen (secondary N) is 1. The highest BCUT2D eigenvalue weighted by molar-refractivity contribution is 7.92. The molecule has 1 aliphatic rings. The van der Waals surface area contributed by atoms with Gasteiger partial charge in [0.1, 0.15) is 5.88 Å². The van der Waals surface area contributed by atoms with Crippen molar-refractivity contribution < 1.29 is 13.2 Å². The quantitative estimate of drug-likeness (QED) is 0.821. The van der Waals surface area contributed by atoms with E-state index in [2.05, 4.69) is 5.32 Å². The Morgan fingerprint density at radius 1 is 1.50 bits per heavy atom. The van der Waals surface area contributed by atoms with Crippen LogP contribution in [-0.4, -0.2) is 33.0 Å². The standard InChI is InChI=1S/C11H13ClN2O3S/c1-14-10-5-3-2-4-8(10)9(7-18(14,16)17)13-11(15)6-12/h2-5,9H,6-7H2,1H3,(H,13,15). The van der Waals surface area contributed by atoms with Gasteiger partial charge >= 0.3 is 0 Å². The molecule has 0 saturated heterocycles. The van der Waals surface area contributed by atoms with E-state index in [4.69, 9.17) is 11.6 Å². The monoisotopic (exact) mass is 288 g/mol. The minimum Gasteiger partial charge on any atom is -0.347 e. The molecule has 1 unspecified atom stereocenters. The molecule has 0 saturated carbocycles. The van der Waals surface area contributed by atoms with Gasteiger partial charge in [-0.2, -0.15) is 0 Å². The lowest BCUT2D eigenvalue weighted by atomic mass is 10.1. The molecular formula is C11H13ClN2O3S. The topological polar surface area (TPSA) is 66.5 Å². The molecule has 1 amide bonds. The molecule has 0 aliphatic carbocycles. The van der Waals surface area contributed by atoms with Gasteiger partial charge in [-0.3, -0.25) is 9.10 Å². The third-order valence-electron chi connectivity index (χ3n) is 2.90. The summed E-state index contributed by atoms with van der Waals surface area (Å²) in [5.74, 6) is -0.714. The van der Waals surface area contributed by atoms with E-state index in [0.717, 1.165) is 5.56 Å². The number of para-hydroxylation sites is 1. The van der Waals surface area contributed by atoms with Crippen LogP contribution in [0, 0.1) is 0 Å². The molecule has 7 heteroatoms. The van der Waals surface area contributed by atoms with Crippen molar-refractivity contribution in [3.63, 3.8) is 0 Å². The number of anilines is 1. The Balaban J connectivity index is 2.44. The van der Waals surface area contributed by atoms with Crippen molar-refractivity contribution >= 4 is 33.2 Å². The third kappa shape index (κ3) is 2.30. The summed E-state index contributed by atoms with van der Waals surface area (Å²) in [6, 6.07) is 6.54. The Kier molecular flexibility index (Phi) is 3.49. The summed E-state index contributed by atoms with van der Waals surface area (Å²) in [4.78, 5) is 11.3. The number of hydrogen-bond acceptors (Lipinski definition) is 3. The average Bonchev–Trinajstić information content (AvgIpc) is 2.35. The molecule has 1 atom stereocenters. The third-order valence-corrected chi connectivity index (χ3v) is 4.93. The van der Waals surface area contributed by atoms with Crippen molar-refractivity contribution in [1.82, 2.24) is 5.32 Å². The number of sulfonamides is 1. The molecule has 0 bridgehead atoms. The van der Waals surface area contributed by atoms with Crippen LogP contribution in [0.3, 0.4) is 0 Å². The fraction of sp³-hybridized carbons (Fsp3) is 0.364. The highest BCUT2D eigenvalue weighted by Crippen LogP contribution is 2.33. The van der Waals surface area contributed by atoms with E-state index in [-0.39, 0.29) is 17.5 Å². The molecule has 0 radical (unpaired) electrons. The summed E-state index contributed by atoms with van der Waals surface area (Å²) in [5.41, 5.74) is 1.37. The Morgan fingerprint density at radius 2 is 2.17 bits per heavy atom. The van der Waals surface area contributed by atoms with Crippen molar-refractivity contribution in [1.29, 1.82) is 0 Å².